The van der Waals surface area contributed by atoms with Crippen LogP contribution in [0.15, 0.2) is 33.9 Å². The van der Waals surface area contributed by atoms with E-state index in [0.29, 0.717) is 5.69 Å². The minimum absolute atomic E-state index is 0.00187. The summed E-state index contributed by atoms with van der Waals surface area (Å²) in [6.07, 6.45) is 0. The Hall–Kier alpha value is -1.97. The van der Waals surface area contributed by atoms with Gasteiger partial charge in [0.15, 0.2) is 0 Å². The number of rotatable bonds is 4. The quantitative estimate of drug-likeness (QED) is 0.764. The molecule has 0 radical (unpaired) electrons. The summed E-state index contributed by atoms with van der Waals surface area (Å²) in [6.45, 7) is 1.89. The van der Waals surface area contributed by atoms with E-state index in [0.717, 1.165) is 30.9 Å². The number of aromatic carboxylic acids is 1. The number of carbonyl (C=O) groups is 1. The van der Waals surface area contributed by atoms with Gasteiger partial charge in [-0.05, 0) is 31.2 Å². The molecule has 23 heavy (non-hydrogen) atoms. The highest BCUT2D eigenvalue weighted by Crippen LogP contribution is 2.30. The molecule has 6 nitrogen and oxygen atoms in total. The highest BCUT2D eigenvalue weighted by molar-refractivity contribution is 7.94. The molecule has 9 heteroatoms. The molecule has 3 rings (SSSR count). The van der Waals surface area contributed by atoms with Crippen LogP contribution in [-0.4, -0.2) is 31.5 Å². The number of nitrogens with zero attached hydrogens (tertiary/aromatic N) is 2. The summed E-state index contributed by atoms with van der Waals surface area (Å²) >= 11 is 2.39. The van der Waals surface area contributed by atoms with E-state index in [-0.39, 0.29) is 9.77 Å². The van der Waals surface area contributed by atoms with Crippen molar-refractivity contribution in [3.8, 4) is 0 Å². The van der Waals surface area contributed by atoms with E-state index in [9.17, 15) is 13.2 Å². The van der Waals surface area contributed by atoms with Gasteiger partial charge in [0.2, 0.25) is 0 Å². The predicted octanol–water partition coefficient (Wildman–Crippen LogP) is 3.19. The van der Waals surface area contributed by atoms with Gasteiger partial charge in [0, 0.05) is 12.4 Å². The molecule has 0 amide bonds. The zero-order valence-corrected chi connectivity index (χ0v) is 14.6. The molecule has 0 atom stereocenters. The molecule has 0 spiro atoms. The summed E-state index contributed by atoms with van der Waals surface area (Å²) in [6, 6.07) is 6.40. The van der Waals surface area contributed by atoms with Crippen molar-refractivity contribution in [1.29, 1.82) is 0 Å². The summed E-state index contributed by atoms with van der Waals surface area (Å²) in [5.41, 5.74) is 1.30. The average Bonchev–Trinajstić information content (AvgIpc) is 3.11. The first-order valence-corrected chi connectivity index (χ1v) is 9.60. The van der Waals surface area contributed by atoms with Gasteiger partial charge in [-0.25, -0.2) is 18.2 Å². The van der Waals surface area contributed by atoms with Gasteiger partial charge < -0.3 is 5.11 Å². The van der Waals surface area contributed by atoms with Gasteiger partial charge in [-0.1, -0.05) is 0 Å². The number of carboxylic acid groups (broad SMARTS) is 1. The van der Waals surface area contributed by atoms with Crippen LogP contribution in [0.2, 0.25) is 0 Å². The van der Waals surface area contributed by atoms with E-state index >= 15 is 0 Å². The molecular weight excluding hydrogens is 356 g/mol. The van der Waals surface area contributed by atoms with Crippen molar-refractivity contribution in [3.05, 3.63) is 40.2 Å². The van der Waals surface area contributed by atoms with Crippen LogP contribution in [0.3, 0.4) is 0 Å². The number of aryl methyl sites for hydroxylation is 1. The molecule has 0 saturated heterocycles. The lowest BCUT2D eigenvalue weighted by Crippen LogP contribution is -2.25. The van der Waals surface area contributed by atoms with Gasteiger partial charge in [-0.15, -0.1) is 22.7 Å². The topological polar surface area (TPSA) is 87.6 Å². The van der Waals surface area contributed by atoms with Crippen molar-refractivity contribution in [1.82, 2.24) is 4.98 Å². The molecule has 2 aromatic heterocycles. The maximum atomic E-state index is 12.6. The summed E-state index contributed by atoms with van der Waals surface area (Å²) in [7, 11) is -2.34. The minimum Gasteiger partial charge on any atom is -0.478 e. The van der Waals surface area contributed by atoms with Gasteiger partial charge in [0.25, 0.3) is 10.0 Å². The average molecular weight is 368 g/mol. The molecule has 0 bridgehead atoms. The second-order valence-electron chi connectivity index (χ2n) is 4.82. The number of anilines is 1. The zero-order chi connectivity index (χ0) is 16.8. The molecule has 1 N–H and O–H groups in total. The van der Waals surface area contributed by atoms with Gasteiger partial charge in [0.05, 0.1) is 26.5 Å². The number of thiazole rings is 1. The maximum Gasteiger partial charge on any atom is 0.336 e. The summed E-state index contributed by atoms with van der Waals surface area (Å²) < 4.78 is 27.3. The molecule has 3 aromatic rings. The second kappa shape index (κ2) is 5.59. The third-order valence-electron chi connectivity index (χ3n) is 3.28. The van der Waals surface area contributed by atoms with E-state index in [2.05, 4.69) is 4.98 Å². The summed E-state index contributed by atoms with van der Waals surface area (Å²) in [4.78, 5) is 15.3. The fourth-order valence-corrected chi connectivity index (χ4v) is 5.43. The number of hydrogen-bond donors (Lipinski definition) is 1. The summed E-state index contributed by atoms with van der Waals surface area (Å²) in [5, 5.41) is 11.2. The number of fused-ring (bicyclic) bond motifs is 1. The van der Waals surface area contributed by atoms with Crippen molar-refractivity contribution in [2.75, 3.05) is 11.4 Å². The molecule has 0 unspecified atom stereocenters. The fourth-order valence-electron chi connectivity index (χ4n) is 2.06. The van der Waals surface area contributed by atoms with Gasteiger partial charge in [-0.2, -0.15) is 0 Å². The fraction of sp³-hybridized carbons (Fsp3) is 0.143. The number of hydrogen-bond acceptors (Lipinski definition) is 6. The van der Waals surface area contributed by atoms with Gasteiger partial charge in [0.1, 0.15) is 4.21 Å². The van der Waals surface area contributed by atoms with Crippen LogP contribution in [0.5, 0.6) is 0 Å². The second-order valence-corrected chi connectivity index (χ2v) is 9.16. The Morgan fingerprint density at radius 1 is 1.30 bits per heavy atom. The Kier molecular flexibility index (Phi) is 3.86. The predicted molar refractivity (Wildman–Crippen MR) is 91.2 cm³/mol. The first kappa shape index (κ1) is 15.9. The van der Waals surface area contributed by atoms with Crippen LogP contribution in [0.1, 0.15) is 15.4 Å². The molecular formula is C14H12N2O4S3. The highest BCUT2D eigenvalue weighted by Gasteiger charge is 2.24. The van der Waals surface area contributed by atoms with Crippen LogP contribution in [0.25, 0.3) is 10.2 Å². The Balaban J connectivity index is 2.01. The number of sulfonamides is 1. The lowest BCUT2D eigenvalue weighted by atomic mass is 10.3. The van der Waals surface area contributed by atoms with E-state index in [1.165, 1.54) is 29.8 Å². The third kappa shape index (κ3) is 2.82. The van der Waals surface area contributed by atoms with Crippen molar-refractivity contribution in [2.45, 2.75) is 11.1 Å². The molecule has 2 heterocycles. The monoisotopic (exact) mass is 368 g/mol. The molecule has 0 aliphatic heterocycles. The van der Waals surface area contributed by atoms with Crippen molar-refractivity contribution in [3.63, 3.8) is 0 Å². The van der Waals surface area contributed by atoms with Crippen LogP contribution >= 0.6 is 22.7 Å². The number of benzene rings is 1. The Morgan fingerprint density at radius 3 is 2.70 bits per heavy atom. The van der Waals surface area contributed by atoms with E-state index in [1.807, 2.05) is 6.92 Å². The van der Waals surface area contributed by atoms with Crippen LogP contribution in [-0.2, 0) is 10.0 Å². The highest BCUT2D eigenvalue weighted by atomic mass is 32.2. The minimum atomic E-state index is -3.79. The number of thiophene rings is 1. The first-order valence-electron chi connectivity index (χ1n) is 6.47. The standard InChI is InChI=1S/C14H12N2O4S3/c1-8-15-11-4-3-10(6-12(11)22-8)16(2)23(19,20)13-5-9(7-21-13)14(17)18/h3-7H,1-2H3,(H,17,18). The smallest absolute Gasteiger partial charge is 0.336 e. The first-order chi connectivity index (χ1) is 10.8. The van der Waals surface area contributed by atoms with Gasteiger partial charge >= 0.3 is 5.97 Å². The largest absolute Gasteiger partial charge is 0.478 e. The zero-order valence-electron chi connectivity index (χ0n) is 12.2. The normalized spacial score (nSPS) is 11.7. The maximum absolute atomic E-state index is 12.6. The lowest BCUT2D eigenvalue weighted by molar-refractivity contribution is 0.0697. The van der Waals surface area contributed by atoms with Crippen molar-refractivity contribution in [2.24, 2.45) is 0 Å². The SMILES string of the molecule is Cc1nc2ccc(N(C)S(=O)(=O)c3cc(C(=O)O)cs3)cc2s1. The Bertz CT molecular complexity index is 1000. The third-order valence-corrected chi connectivity index (χ3v) is 7.41. The van der Waals surface area contributed by atoms with Gasteiger partial charge in [-0.3, -0.25) is 4.31 Å². The van der Waals surface area contributed by atoms with E-state index in [1.54, 1.807) is 18.2 Å². The summed E-state index contributed by atoms with van der Waals surface area (Å²) in [5.74, 6) is -1.15. The number of carboxylic acids is 1. The molecule has 0 aliphatic rings. The van der Waals surface area contributed by atoms with Crippen molar-refractivity contribution >= 4 is 54.6 Å². The lowest BCUT2D eigenvalue weighted by Gasteiger charge is -2.18. The van der Waals surface area contributed by atoms with Crippen LogP contribution in [0, 0.1) is 6.92 Å². The molecule has 0 saturated carbocycles. The number of aromatic nitrogens is 1. The van der Waals surface area contributed by atoms with E-state index in [4.69, 9.17) is 5.11 Å². The Morgan fingerprint density at radius 2 is 2.04 bits per heavy atom. The van der Waals surface area contributed by atoms with Crippen LogP contribution < -0.4 is 4.31 Å². The van der Waals surface area contributed by atoms with E-state index < -0.39 is 16.0 Å². The molecule has 0 fully saturated rings. The molecule has 0 aliphatic carbocycles. The van der Waals surface area contributed by atoms with Crippen LogP contribution in [0.4, 0.5) is 5.69 Å². The van der Waals surface area contributed by atoms with Crippen molar-refractivity contribution < 1.29 is 18.3 Å². The Labute approximate surface area is 140 Å². The molecule has 1 aromatic carbocycles. The molecule has 120 valence electrons.